The van der Waals surface area contributed by atoms with Crippen molar-refractivity contribution >= 4 is 11.7 Å². The molecule has 1 aliphatic rings. The van der Waals surface area contributed by atoms with Crippen molar-refractivity contribution < 1.29 is 13.9 Å². The second-order valence-electron chi connectivity index (χ2n) is 6.90. The van der Waals surface area contributed by atoms with Crippen molar-refractivity contribution in [2.24, 2.45) is 0 Å². The van der Waals surface area contributed by atoms with Crippen LogP contribution in [-0.4, -0.2) is 34.3 Å². The summed E-state index contributed by atoms with van der Waals surface area (Å²) in [6, 6.07) is 13.4. The number of benzene rings is 2. The Hall–Kier alpha value is -3.35. The second kappa shape index (κ2) is 8.34. The molecule has 0 spiro atoms. The number of hydrogen-bond donors (Lipinski definition) is 1. The number of hydrogen-bond acceptors (Lipinski definition) is 5. The molecule has 0 radical (unpaired) electrons. The molecule has 150 valence electrons. The van der Waals surface area contributed by atoms with Crippen molar-refractivity contribution in [2.75, 3.05) is 18.5 Å². The number of ether oxygens (including phenoxy) is 1. The van der Waals surface area contributed by atoms with Crippen LogP contribution < -0.4 is 10.1 Å². The van der Waals surface area contributed by atoms with E-state index < -0.39 is 0 Å². The van der Waals surface area contributed by atoms with Gasteiger partial charge in [-0.1, -0.05) is 13.0 Å². The van der Waals surface area contributed by atoms with Crippen molar-refractivity contribution in [3.63, 3.8) is 0 Å². The van der Waals surface area contributed by atoms with Gasteiger partial charge in [0.2, 0.25) is 11.8 Å². The first kappa shape index (κ1) is 19.0. The summed E-state index contributed by atoms with van der Waals surface area (Å²) in [6.07, 6.45) is 1.54. The molecule has 0 fully saturated rings. The van der Waals surface area contributed by atoms with Crippen molar-refractivity contribution in [2.45, 2.75) is 33.2 Å². The van der Waals surface area contributed by atoms with Gasteiger partial charge in [0.1, 0.15) is 5.75 Å². The maximum absolute atomic E-state index is 12.7. The molecule has 4 rings (SSSR count). The Labute approximate surface area is 169 Å². The summed E-state index contributed by atoms with van der Waals surface area (Å²) in [4.78, 5) is 14.5. The van der Waals surface area contributed by atoms with Crippen LogP contribution in [-0.2, 0) is 19.4 Å². The summed E-state index contributed by atoms with van der Waals surface area (Å²) in [7, 11) is 0. The van der Waals surface area contributed by atoms with E-state index in [0.717, 1.165) is 29.0 Å². The molecule has 3 aromatic rings. The number of nitrogens with zero attached hydrogens (tertiary/aromatic N) is 3. The molecule has 2 amide bonds. The summed E-state index contributed by atoms with van der Waals surface area (Å²) < 4.78 is 11.2. The molecule has 1 aromatic heterocycles. The van der Waals surface area contributed by atoms with E-state index in [1.165, 1.54) is 5.56 Å². The number of carbonyl (C=O) groups excluding carboxylic acids is 1. The zero-order valence-corrected chi connectivity index (χ0v) is 16.6. The molecule has 0 saturated carbocycles. The summed E-state index contributed by atoms with van der Waals surface area (Å²) >= 11 is 0. The number of carbonyl (C=O) groups is 1. The van der Waals surface area contributed by atoms with Gasteiger partial charge in [-0.25, -0.2) is 4.79 Å². The second-order valence-corrected chi connectivity index (χ2v) is 6.90. The van der Waals surface area contributed by atoms with E-state index in [1.54, 1.807) is 0 Å². The smallest absolute Gasteiger partial charge is 0.322 e. The maximum atomic E-state index is 12.7. The molecule has 1 aliphatic heterocycles. The van der Waals surface area contributed by atoms with Crippen LogP contribution in [0.3, 0.4) is 0 Å². The van der Waals surface area contributed by atoms with E-state index in [2.05, 4.69) is 21.6 Å². The number of anilines is 1. The molecular weight excluding hydrogens is 368 g/mol. The number of aryl methyl sites for hydroxylation is 1. The minimum absolute atomic E-state index is 0.115. The fraction of sp³-hybridized carbons (Fsp3) is 0.318. The van der Waals surface area contributed by atoms with Crippen LogP contribution in [0.25, 0.3) is 11.5 Å². The van der Waals surface area contributed by atoms with Gasteiger partial charge in [0.25, 0.3) is 0 Å². The van der Waals surface area contributed by atoms with Gasteiger partial charge in [0.15, 0.2) is 0 Å². The standard InChI is InChI=1S/C22H24N4O3/c1-3-20-24-25-21(29-20)16-5-8-18(9-6-16)23-22(27)26-12-11-15-7-10-19(28-4-2)13-17(15)14-26/h5-10,13H,3-4,11-12,14H2,1-2H3,(H,23,27). The van der Waals surface area contributed by atoms with Gasteiger partial charge < -0.3 is 19.4 Å². The molecule has 2 aromatic carbocycles. The molecule has 0 saturated heterocycles. The Kier molecular flexibility index (Phi) is 5.46. The third-order valence-corrected chi connectivity index (χ3v) is 4.94. The van der Waals surface area contributed by atoms with Crippen LogP contribution in [0.4, 0.5) is 10.5 Å². The molecule has 7 heteroatoms. The Morgan fingerprint density at radius 3 is 2.69 bits per heavy atom. The van der Waals surface area contributed by atoms with E-state index in [9.17, 15) is 4.79 Å². The molecule has 7 nitrogen and oxygen atoms in total. The van der Waals surface area contributed by atoms with Crippen molar-refractivity contribution in [1.82, 2.24) is 15.1 Å². The molecule has 29 heavy (non-hydrogen) atoms. The zero-order chi connectivity index (χ0) is 20.2. The van der Waals surface area contributed by atoms with Gasteiger partial charge >= 0.3 is 6.03 Å². The Balaban J connectivity index is 1.41. The Bertz CT molecular complexity index is 998. The molecule has 0 aliphatic carbocycles. The molecule has 0 atom stereocenters. The summed E-state index contributed by atoms with van der Waals surface area (Å²) in [5.74, 6) is 1.93. The largest absolute Gasteiger partial charge is 0.494 e. The minimum atomic E-state index is -0.115. The molecule has 0 bridgehead atoms. The highest BCUT2D eigenvalue weighted by molar-refractivity contribution is 5.89. The lowest BCUT2D eigenvalue weighted by Gasteiger charge is -2.29. The van der Waals surface area contributed by atoms with Crippen molar-refractivity contribution in [1.29, 1.82) is 0 Å². The summed E-state index contributed by atoms with van der Waals surface area (Å²) in [6.45, 7) is 5.81. The first-order chi connectivity index (χ1) is 14.2. The normalized spacial score (nSPS) is 13.1. The van der Waals surface area contributed by atoms with E-state index in [1.807, 2.05) is 55.1 Å². The number of urea groups is 1. The lowest BCUT2D eigenvalue weighted by molar-refractivity contribution is 0.206. The molecule has 1 N–H and O–H groups in total. The van der Waals surface area contributed by atoms with Crippen LogP contribution >= 0.6 is 0 Å². The summed E-state index contributed by atoms with van der Waals surface area (Å²) in [5, 5.41) is 11.0. The Morgan fingerprint density at radius 1 is 1.14 bits per heavy atom. The first-order valence-corrected chi connectivity index (χ1v) is 9.89. The van der Waals surface area contributed by atoms with Crippen molar-refractivity contribution in [3.8, 4) is 17.2 Å². The van der Waals surface area contributed by atoms with Gasteiger partial charge in [0, 0.05) is 30.8 Å². The molecular formula is C22H24N4O3. The lowest BCUT2D eigenvalue weighted by Crippen LogP contribution is -2.38. The van der Waals surface area contributed by atoms with Crippen molar-refractivity contribution in [3.05, 3.63) is 59.5 Å². The number of rotatable bonds is 5. The van der Waals surface area contributed by atoms with Crippen LogP contribution in [0.15, 0.2) is 46.9 Å². The van der Waals surface area contributed by atoms with Crippen LogP contribution in [0, 0.1) is 0 Å². The minimum Gasteiger partial charge on any atom is -0.494 e. The quantitative estimate of drug-likeness (QED) is 0.701. The van der Waals surface area contributed by atoms with Gasteiger partial charge in [0.05, 0.1) is 6.61 Å². The first-order valence-electron chi connectivity index (χ1n) is 9.89. The van der Waals surface area contributed by atoms with Gasteiger partial charge in [-0.05, 0) is 60.9 Å². The number of fused-ring (bicyclic) bond motifs is 1. The SMILES string of the molecule is CCOc1ccc2c(c1)CN(C(=O)Nc1ccc(-c3nnc(CC)o3)cc1)CC2. The summed E-state index contributed by atoms with van der Waals surface area (Å²) in [5.41, 5.74) is 3.96. The van der Waals surface area contributed by atoms with Gasteiger partial charge in [-0.2, -0.15) is 0 Å². The van der Waals surface area contributed by atoms with Crippen LogP contribution in [0.1, 0.15) is 30.9 Å². The third kappa shape index (κ3) is 4.23. The highest BCUT2D eigenvalue weighted by atomic mass is 16.5. The number of aromatic nitrogens is 2. The van der Waals surface area contributed by atoms with E-state index in [4.69, 9.17) is 9.15 Å². The Morgan fingerprint density at radius 2 is 1.97 bits per heavy atom. The zero-order valence-electron chi connectivity index (χ0n) is 16.6. The maximum Gasteiger partial charge on any atom is 0.322 e. The molecule has 2 heterocycles. The fourth-order valence-electron chi connectivity index (χ4n) is 3.38. The average Bonchev–Trinajstić information content (AvgIpc) is 3.23. The predicted octanol–water partition coefficient (Wildman–Crippen LogP) is 4.29. The van der Waals surface area contributed by atoms with E-state index in [0.29, 0.717) is 37.9 Å². The monoisotopic (exact) mass is 392 g/mol. The highest BCUT2D eigenvalue weighted by Gasteiger charge is 2.21. The van der Waals surface area contributed by atoms with E-state index >= 15 is 0 Å². The fourth-order valence-corrected chi connectivity index (χ4v) is 3.38. The third-order valence-electron chi connectivity index (χ3n) is 4.94. The number of nitrogens with one attached hydrogen (secondary N) is 1. The number of amides is 2. The topological polar surface area (TPSA) is 80.5 Å². The van der Waals surface area contributed by atoms with Gasteiger partial charge in [-0.15, -0.1) is 10.2 Å². The van der Waals surface area contributed by atoms with Crippen LogP contribution in [0.2, 0.25) is 0 Å². The highest BCUT2D eigenvalue weighted by Crippen LogP contribution is 2.25. The van der Waals surface area contributed by atoms with E-state index in [-0.39, 0.29) is 6.03 Å². The van der Waals surface area contributed by atoms with Gasteiger partial charge in [-0.3, -0.25) is 0 Å². The van der Waals surface area contributed by atoms with Crippen LogP contribution in [0.5, 0.6) is 5.75 Å². The average molecular weight is 392 g/mol. The molecule has 0 unspecified atom stereocenters. The predicted molar refractivity (Wildman–Crippen MR) is 110 cm³/mol. The lowest BCUT2D eigenvalue weighted by atomic mass is 10.00.